The van der Waals surface area contributed by atoms with Crippen molar-refractivity contribution in [3.05, 3.63) is 70.8 Å². The topological polar surface area (TPSA) is 29.3 Å². The molecule has 1 unspecified atom stereocenters. The predicted octanol–water partition coefficient (Wildman–Crippen LogP) is 3.41. The normalized spacial score (nSPS) is 12.7. The summed E-state index contributed by atoms with van der Waals surface area (Å²) < 4.78 is 26.5. The van der Waals surface area contributed by atoms with Gasteiger partial charge in [-0.15, -0.1) is 0 Å². The zero-order valence-corrected chi connectivity index (χ0v) is 12.3. The maximum Gasteiger partial charge on any atom is 0.123 e. The van der Waals surface area contributed by atoms with E-state index in [-0.39, 0.29) is 17.7 Å². The molecule has 2 nitrogen and oxygen atoms in total. The van der Waals surface area contributed by atoms with Gasteiger partial charge in [-0.2, -0.15) is 0 Å². The zero-order valence-electron chi connectivity index (χ0n) is 12.3. The van der Waals surface area contributed by atoms with Gasteiger partial charge in [0, 0.05) is 19.1 Å². The van der Waals surface area contributed by atoms with E-state index >= 15 is 0 Å². The van der Waals surface area contributed by atoms with E-state index in [0.29, 0.717) is 13.1 Å². The molecule has 0 aromatic heterocycles. The summed E-state index contributed by atoms with van der Waals surface area (Å²) in [6.07, 6.45) is 0. The maximum absolute atomic E-state index is 13.2. The van der Waals surface area contributed by atoms with Crippen LogP contribution < -0.4 is 5.73 Å². The van der Waals surface area contributed by atoms with Gasteiger partial charge in [-0.25, -0.2) is 8.78 Å². The summed E-state index contributed by atoms with van der Waals surface area (Å²) in [5.41, 5.74) is 8.64. The van der Waals surface area contributed by atoms with Gasteiger partial charge in [0.25, 0.3) is 0 Å². The van der Waals surface area contributed by atoms with E-state index in [1.807, 2.05) is 20.0 Å². The van der Waals surface area contributed by atoms with Crippen molar-refractivity contribution in [1.29, 1.82) is 0 Å². The fourth-order valence-corrected chi connectivity index (χ4v) is 2.59. The third-order valence-electron chi connectivity index (χ3n) is 3.67. The Morgan fingerprint density at radius 2 is 1.81 bits per heavy atom. The molecule has 2 aromatic carbocycles. The summed E-state index contributed by atoms with van der Waals surface area (Å²) in [4.78, 5) is 2.05. The maximum atomic E-state index is 13.2. The summed E-state index contributed by atoms with van der Waals surface area (Å²) in [5, 5.41) is 0. The number of nitrogens with two attached hydrogens (primary N) is 1. The Bertz CT molecular complexity index is 613. The van der Waals surface area contributed by atoms with Gasteiger partial charge in [0.2, 0.25) is 0 Å². The molecular formula is C17H20F2N2. The van der Waals surface area contributed by atoms with Crippen LogP contribution in [0.2, 0.25) is 0 Å². The molecule has 0 heterocycles. The van der Waals surface area contributed by atoms with Crippen molar-refractivity contribution in [3.8, 4) is 0 Å². The van der Waals surface area contributed by atoms with Gasteiger partial charge < -0.3 is 5.73 Å². The Kier molecular flexibility index (Phi) is 5.04. The minimum atomic E-state index is -0.250. The van der Waals surface area contributed by atoms with E-state index < -0.39 is 0 Å². The third-order valence-corrected chi connectivity index (χ3v) is 3.67. The summed E-state index contributed by atoms with van der Waals surface area (Å²) in [7, 11) is 1.94. The standard InChI is InChI=1S/C17H20F2N2/c1-12-8-15(19)6-7-16(12)17(10-20)21(2)11-13-4-3-5-14(18)9-13/h3-9,17H,10-11,20H2,1-2H3. The van der Waals surface area contributed by atoms with Crippen molar-refractivity contribution in [2.75, 3.05) is 13.6 Å². The number of hydrogen-bond donors (Lipinski definition) is 1. The zero-order chi connectivity index (χ0) is 15.4. The first-order valence-corrected chi connectivity index (χ1v) is 6.92. The second-order valence-electron chi connectivity index (χ2n) is 5.30. The van der Waals surface area contributed by atoms with Gasteiger partial charge in [-0.05, 0) is 54.9 Å². The third kappa shape index (κ3) is 3.86. The average Bonchev–Trinajstić information content (AvgIpc) is 2.42. The smallest absolute Gasteiger partial charge is 0.123 e. The molecule has 2 rings (SSSR count). The van der Waals surface area contributed by atoms with E-state index in [9.17, 15) is 8.78 Å². The quantitative estimate of drug-likeness (QED) is 0.914. The van der Waals surface area contributed by atoms with Gasteiger partial charge in [0.15, 0.2) is 0 Å². The molecule has 21 heavy (non-hydrogen) atoms. The fourth-order valence-electron chi connectivity index (χ4n) is 2.59. The number of nitrogens with zero attached hydrogens (tertiary/aromatic N) is 1. The first-order valence-electron chi connectivity index (χ1n) is 6.92. The number of halogens is 2. The monoisotopic (exact) mass is 290 g/mol. The van der Waals surface area contributed by atoms with E-state index in [2.05, 4.69) is 4.90 Å². The lowest BCUT2D eigenvalue weighted by Crippen LogP contribution is -2.30. The average molecular weight is 290 g/mol. The van der Waals surface area contributed by atoms with Crippen molar-refractivity contribution >= 4 is 0 Å². The molecule has 112 valence electrons. The number of likely N-dealkylation sites (N-methyl/N-ethyl adjacent to an activating group) is 1. The molecule has 0 spiro atoms. The number of rotatable bonds is 5. The molecular weight excluding hydrogens is 270 g/mol. The lowest BCUT2D eigenvalue weighted by atomic mass is 9.99. The molecule has 0 fully saturated rings. The van der Waals surface area contributed by atoms with Gasteiger partial charge in [-0.1, -0.05) is 18.2 Å². The Balaban J connectivity index is 2.20. The molecule has 0 saturated carbocycles. The molecule has 0 bridgehead atoms. The second-order valence-corrected chi connectivity index (χ2v) is 5.30. The highest BCUT2D eigenvalue weighted by Gasteiger charge is 2.18. The predicted molar refractivity (Wildman–Crippen MR) is 80.8 cm³/mol. The van der Waals surface area contributed by atoms with Crippen LogP contribution in [0.4, 0.5) is 8.78 Å². The minimum Gasteiger partial charge on any atom is -0.329 e. The van der Waals surface area contributed by atoms with Crippen LogP contribution in [0.3, 0.4) is 0 Å². The highest BCUT2D eigenvalue weighted by atomic mass is 19.1. The largest absolute Gasteiger partial charge is 0.329 e. The highest BCUT2D eigenvalue weighted by Crippen LogP contribution is 2.24. The first kappa shape index (κ1) is 15.6. The summed E-state index contributed by atoms with van der Waals surface area (Å²) in [6, 6.07) is 11.2. The van der Waals surface area contributed by atoms with Gasteiger partial charge in [-0.3, -0.25) is 4.90 Å². The van der Waals surface area contributed by atoms with E-state index in [0.717, 1.165) is 16.7 Å². The summed E-state index contributed by atoms with van der Waals surface area (Å²) >= 11 is 0. The molecule has 4 heteroatoms. The lowest BCUT2D eigenvalue weighted by molar-refractivity contribution is 0.240. The van der Waals surface area contributed by atoms with Crippen LogP contribution in [0.15, 0.2) is 42.5 Å². The van der Waals surface area contributed by atoms with Crippen LogP contribution >= 0.6 is 0 Å². The van der Waals surface area contributed by atoms with E-state index in [1.54, 1.807) is 12.1 Å². The summed E-state index contributed by atoms with van der Waals surface area (Å²) in [5.74, 6) is -0.497. The lowest BCUT2D eigenvalue weighted by Gasteiger charge is -2.28. The number of aryl methyl sites for hydroxylation is 1. The first-order chi connectivity index (χ1) is 10.0. The number of benzene rings is 2. The molecule has 0 aliphatic heterocycles. The molecule has 1 atom stereocenters. The molecule has 0 saturated heterocycles. The summed E-state index contributed by atoms with van der Waals surface area (Å²) in [6.45, 7) is 2.87. The van der Waals surface area contributed by atoms with Gasteiger partial charge in [0.05, 0.1) is 0 Å². The van der Waals surface area contributed by atoms with Crippen LogP contribution in [-0.4, -0.2) is 18.5 Å². The van der Waals surface area contributed by atoms with Crippen molar-refractivity contribution < 1.29 is 8.78 Å². The molecule has 0 aliphatic rings. The van der Waals surface area contributed by atoms with Crippen molar-refractivity contribution in [3.63, 3.8) is 0 Å². The van der Waals surface area contributed by atoms with Crippen LogP contribution in [0, 0.1) is 18.6 Å². The van der Waals surface area contributed by atoms with Crippen LogP contribution in [0.25, 0.3) is 0 Å². The van der Waals surface area contributed by atoms with Crippen molar-refractivity contribution in [2.24, 2.45) is 5.73 Å². The van der Waals surface area contributed by atoms with E-state index in [4.69, 9.17) is 5.73 Å². The van der Waals surface area contributed by atoms with Crippen molar-refractivity contribution in [1.82, 2.24) is 4.90 Å². The molecule has 2 N–H and O–H groups in total. The van der Waals surface area contributed by atoms with Crippen LogP contribution in [0.1, 0.15) is 22.7 Å². The fraction of sp³-hybridized carbons (Fsp3) is 0.294. The van der Waals surface area contributed by atoms with Gasteiger partial charge in [0.1, 0.15) is 11.6 Å². The molecule has 0 aliphatic carbocycles. The molecule has 0 radical (unpaired) electrons. The Morgan fingerprint density at radius 1 is 1.10 bits per heavy atom. The molecule has 0 amide bonds. The highest BCUT2D eigenvalue weighted by molar-refractivity contribution is 5.30. The van der Waals surface area contributed by atoms with Crippen LogP contribution in [0.5, 0.6) is 0 Å². The Hall–Kier alpha value is -1.78. The van der Waals surface area contributed by atoms with Gasteiger partial charge >= 0.3 is 0 Å². The van der Waals surface area contributed by atoms with E-state index in [1.165, 1.54) is 24.3 Å². The second kappa shape index (κ2) is 6.78. The SMILES string of the molecule is Cc1cc(F)ccc1C(CN)N(C)Cc1cccc(F)c1. The van der Waals surface area contributed by atoms with Crippen molar-refractivity contribution in [2.45, 2.75) is 19.5 Å². The Labute approximate surface area is 124 Å². The van der Waals surface area contributed by atoms with Crippen LogP contribution in [-0.2, 0) is 6.54 Å². The molecule has 2 aromatic rings. The Morgan fingerprint density at radius 3 is 2.43 bits per heavy atom. The number of hydrogen-bond acceptors (Lipinski definition) is 2. The minimum absolute atomic E-state index is 0.0335.